The van der Waals surface area contributed by atoms with Crippen LogP contribution in [0.4, 0.5) is 5.69 Å². The van der Waals surface area contributed by atoms with Gasteiger partial charge in [0, 0.05) is 23.8 Å². The Bertz CT molecular complexity index is 898. The van der Waals surface area contributed by atoms with Gasteiger partial charge in [0.1, 0.15) is 11.8 Å². The van der Waals surface area contributed by atoms with Crippen molar-refractivity contribution in [3.63, 3.8) is 0 Å². The molecule has 0 aliphatic carbocycles. The number of carbonyl (C=O) groups is 1. The highest BCUT2D eigenvalue weighted by Crippen LogP contribution is 2.27. The van der Waals surface area contributed by atoms with Gasteiger partial charge in [0.05, 0.1) is 12.0 Å². The van der Waals surface area contributed by atoms with Crippen molar-refractivity contribution < 1.29 is 17.9 Å². The minimum atomic E-state index is -3.77. The summed E-state index contributed by atoms with van der Waals surface area (Å²) in [7, 11) is -2.20. The van der Waals surface area contributed by atoms with Gasteiger partial charge in [0.25, 0.3) is 0 Å². The highest BCUT2D eigenvalue weighted by molar-refractivity contribution is 7.89. The van der Waals surface area contributed by atoms with Crippen LogP contribution in [0.5, 0.6) is 5.75 Å². The predicted octanol–water partition coefficient (Wildman–Crippen LogP) is 2.77. The topological polar surface area (TPSA) is 66.9 Å². The van der Waals surface area contributed by atoms with Crippen molar-refractivity contribution in [1.29, 1.82) is 0 Å². The SMILES string of the molecule is COc1ccc(N2CCN(S(=O)(=O)c3ccc(Cl)cc3)[C@@H](C)C2=O)cc1. The van der Waals surface area contributed by atoms with E-state index in [1.54, 1.807) is 43.2 Å². The molecule has 8 heteroatoms. The van der Waals surface area contributed by atoms with E-state index in [9.17, 15) is 13.2 Å². The van der Waals surface area contributed by atoms with Crippen LogP contribution in [0.3, 0.4) is 0 Å². The first-order valence-corrected chi connectivity index (χ1v) is 9.89. The number of rotatable bonds is 4. The Morgan fingerprint density at radius 1 is 1.04 bits per heavy atom. The molecule has 2 aromatic rings. The zero-order valence-corrected chi connectivity index (χ0v) is 16.0. The molecule has 1 heterocycles. The number of sulfonamides is 1. The summed E-state index contributed by atoms with van der Waals surface area (Å²) in [5, 5.41) is 0.456. The van der Waals surface area contributed by atoms with Crippen LogP contribution >= 0.6 is 11.6 Å². The molecule has 26 heavy (non-hydrogen) atoms. The van der Waals surface area contributed by atoms with Crippen LogP contribution in [-0.2, 0) is 14.8 Å². The molecule has 1 saturated heterocycles. The number of halogens is 1. The minimum Gasteiger partial charge on any atom is -0.497 e. The average Bonchev–Trinajstić information content (AvgIpc) is 2.64. The molecule has 0 unspecified atom stereocenters. The fraction of sp³-hybridized carbons (Fsp3) is 0.278. The van der Waals surface area contributed by atoms with Crippen LogP contribution in [0, 0.1) is 0 Å². The number of nitrogens with zero attached hydrogens (tertiary/aromatic N) is 2. The van der Waals surface area contributed by atoms with E-state index in [2.05, 4.69) is 0 Å². The summed E-state index contributed by atoms with van der Waals surface area (Å²) < 4.78 is 32.1. The van der Waals surface area contributed by atoms with Crippen LogP contribution in [0.2, 0.25) is 5.02 Å². The molecule has 6 nitrogen and oxygen atoms in total. The van der Waals surface area contributed by atoms with E-state index in [1.807, 2.05) is 0 Å². The lowest BCUT2D eigenvalue weighted by atomic mass is 10.2. The minimum absolute atomic E-state index is 0.124. The third kappa shape index (κ3) is 3.42. The van der Waals surface area contributed by atoms with Gasteiger partial charge in [-0.15, -0.1) is 0 Å². The summed E-state index contributed by atoms with van der Waals surface area (Å²) in [5.41, 5.74) is 0.714. The largest absolute Gasteiger partial charge is 0.497 e. The molecule has 0 spiro atoms. The number of benzene rings is 2. The number of carbonyl (C=O) groups excluding carboxylic acids is 1. The summed E-state index contributed by atoms with van der Waals surface area (Å²) >= 11 is 5.83. The Morgan fingerprint density at radius 3 is 2.23 bits per heavy atom. The Hall–Kier alpha value is -2.09. The Morgan fingerprint density at radius 2 is 1.65 bits per heavy atom. The molecule has 3 rings (SSSR count). The van der Waals surface area contributed by atoms with E-state index in [0.717, 1.165) is 0 Å². The Balaban J connectivity index is 1.83. The molecule has 0 bridgehead atoms. The van der Waals surface area contributed by atoms with Gasteiger partial charge in [-0.1, -0.05) is 11.6 Å². The second-order valence-electron chi connectivity index (χ2n) is 5.93. The number of piperazine rings is 1. The van der Waals surface area contributed by atoms with Gasteiger partial charge in [0.15, 0.2) is 0 Å². The van der Waals surface area contributed by atoms with Crippen molar-refractivity contribution in [2.45, 2.75) is 17.9 Å². The van der Waals surface area contributed by atoms with Gasteiger partial charge < -0.3 is 9.64 Å². The number of methoxy groups -OCH3 is 1. The van der Waals surface area contributed by atoms with Crippen molar-refractivity contribution in [3.8, 4) is 5.75 Å². The van der Waals surface area contributed by atoms with Gasteiger partial charge in [0.2, 0.25) is 15.9 Å². The van der Waals surface area contributed by atoms with Crippen LogP contribution in [0.15, 0.2) is 53.4 Å². The zero-order chi connectivity index (χ0) is 18.9. The van der Waals surface area contributed by atoms with Crippen LogP contribution in [0.1, 0.15) is 6.92 Å². The van der Waals surface area contributed by atoms with Crippen molar-refractivity contribution in [1.82, 2.24) is 4.31 Å². The maximum absolute atomic E-state index is 12.9. The van der Waals surface area contributed by atoms with Crippen LogP contribution in [0.25, 0.3) is 0 Å². The average molecular weight is 395 g/mol. The number of anilines is 1. The molecular formula is C18H19ClN2O4S. The van der Waals surface area contributed by atoms with Gasteiger partial charge in [-0.3, -0.25) is 4.79 Å². The third-order valence-electron chi connectivity index (χ3n) is 4.40. The zero-order valence-electron chi connectivity index (χ0n) is 14.4. The van der Waals surface area contributed by atoms with Crippen LogP contribution < -0.4 is 9.64 Å². The smallest absolute Gasteiger partial charge is 0.245 e. The van der Waals surface area contributed by atoms with E-state index in [-0.39, 0.29) is 23.9 Å². The van der Waals surface area contributed by atoms with E-state index < -0.39 is 16.1 Å². The van der Waals surface area contributed by atoms with Gasteiger partial charge in [-0.05, 0) is 55.5 Å². The number of amides is 1. The maximum atomic E-state index is 12.9. The Labute approximate surface area is 158 Å². The molecule has 1 fully saturated rings. The summed E-state index contributed by atoms with van der Waals surface area (Å²) in [6, 6.07) is 12.2. The molecule has 2 aromatic carbocycles. The molecule has 1 amide bonds. The molecule has 0 radical (unpaired) electrons. The second kappa shape index (κ2) is 7.26. The van der Waals surface area contributed by atoms with Crippen LogP contribution in [-0.4, -0.2) is 44.9 Å². The maximum Gasteiger partial charge on any atom is 0.245 e. The fourth-order valence-electron chi connectivity index (χ4n) is 2.94. The molecular weight excluding hydrogens is 376 g/mol. The standard InChI is InChI=1S/C18H19ClN2O4S/c1-13-18(22)20(15-5-7-16(25-2)8-6-15)11-12-21(13)26(23,24)17-9-3-14(19)4-10-17/h3-10,13H,11-12H2,1-2H3/t13-/m0/s1. The van der Waals surface area contributed by atoms with Crippen molar-refractivity contribution in [2.24, 2.45) is 0 Å². The monoisotopic (exact) mass is 394 g/mol. The first-order chi connectivity index (χ1) is 12.3. The lowest BCUT2D eigenvalue weighted by Gasteiger charge is -2.38. The number of hydrogen-bond donors (Lipinski definition) is 0. The van der Waals surface area contributed by atoms with Crippen molar-refractivity contribution in [2.75, 3.05) is 25.1 Å². The van der Waals surface area contributed by atoms with E-state index in [4.69, 9.17) is 16.3 Å². The lowest BCUT2D eigenvalue weighted by Crippen LogP contribution is -2.57. The molecule has 138 valence electrons. The van der Waals surface area contributed by atoms with Gasteiger partial charge >= 0.3 is 0 Å². The summed E-state index contributed by atoms with van der Waals surface area (Å²) in [4.78, 5) is 14.5. The van der Waals surface area contributed by atoms with Gasteiger partial charge in [-0.2, -0.15) is 4.31 Å². The number of ether oxygens (including phenoxy) is 1. The Kier molecular flexibility index (Phi) is 5.22. The molecule has 1 aliphatic heterocycles. The highest BCUT2D eigenvalue weighted by Gasteiger charge is 2.39. The fourth-order valence-corrected chi connectivity index (χ4v) is 4.65. The summed E-state index contributed by atoms with van der Waals surface area (Å²) in [5.74, 6) is 0.428. The highest BCUT2D eigenvalue weighted by atomic mass is 35.5. The predicted molar refractivity (Wildman–Crippen MR) is 100 cm³/mol. The molecule has 1 aliphatic rings. The van der Waals surface area contributed by atoms with E-state index >= 15 is 0 Å². The molecule has 1 atom stereocenters. The lowest BCUT2D eigenvalue weighted by molar-refractivity contribution is -0.123. The third-order valence-corrected chi connectivity index (χ3v) is 6.64. The first kappa shape index (κ1) is 18.7. The number of hydrogen-bond acceptors (Lipinski definition) is 4. The molecule has 0 N–H and O–H groups in total. The summed E-state index contributed by atoms with van der Waals surface area (Å²) in [6.07, 6.45) is 0. The normalized spacial score (nSPS) is 18.8. The molecule has 0 aromatic heterocycles. The second-order valence-corrected chi connectivity index (χ2v) is 8.26. The van der Waals surface area contributed by atoms with Gasteiger partial charge in [-0.25, -0.2) is 8.42 Å². The van der Waals surface area contributed by atoms with E-state index in [0.29, 0.717) is 16.5 Å². The first-order valence-electron chi connectivity index (χ1n) is 8.07. The summed E-state index contributed by atoms with van der Waals surface area (Å²) in [6.45, 7) is 2.09. The van der Waals surface area contributed by atoms with E-state index in [1.165, 1.54) is 28.6 Å². The molecule has 0 saturated carbocycles. The van der Waals surface area contributed by atoms with Crippen molar-refractivity contribution in [3.05, 3.63) is 53.6 Å². The van der Waals surface area contributed by atoms with Crippen molar-refractivity contribution >= 4 is 33.2 Å². The quantitative estimate of drug-likeness (QED) is 0.799.